The Balaban J connectivity index is 3.07. The van der Waals surface area contributed by atoms with E-state index in [4.69, 9.17) is 16.1 Å². The predicted molar refractivity (Wildman–Crippen MR) is 74.3 cm³/mol. The Morgan fingerprint density at radius 3 is 2.60 bits per heavy atom. The molecule has 0 aliphatic carbocycles. The number of hydrogen-bond donors (Lipinski definition) is 1. The Labute approximate surface area is 123 Å². The van der Waals surface area contributed by atoms with Crippen LogP contribution < -0.4 is 9.61 Å². The van der Waals surface area contributed by atoms with E-state index >= 15 is 0 Å². The van der Waals surface area contributed by atoms with Gasteiger partial charge in [-0.1, -0.05) is 25.4 Å². The molecule has 10 heteroatoms. The highest BCUT2D eigenvalue weighted by Gasteiger charge is 2.33. The molecule has 20 heavy (non-hydrogen) atoms. The van der Waals surface area contributed by atoms with Gasteiger partial charge in [0.05, 0.1) is 5.56 Å². The fraction of sp³-hybridized carbons (Fsp3) is 0.500. The van der Waals surface area contributed by atoms with Crippen LogP contribution in [0.15, 0.2) is 12.1 Å². The monoisotopic (exact) mass is 348 g/mol. The van der Waals surface area contributed by atoms with E-state index in [1.54, 1.807) is 13.8 Å². The van der Waals surface area contributed by atoms with Crippen LogP contribution >= 0.6 is 29.7 Å². The van der Waals surface area contributed by atoms with Crippen molar-refractivity contribution in [3.05, 3.63) is 22.8 Å². The number of hydrogen-bond acceptors (Lipinski definition) is 4. The summed E-state index contributed by atoms with van der Waals surface area (Å²) >= 11 is 6.51. The first-order chi connectivity index (χ1) is 9.20. The Bertz CT molecular complexity index is 506. The molecule has 1 aromatic rings. The van der Waals surface area contributed by atoms with Gasteiger partial charge in [-0.15, -0.1) is 0 Å². The van der Waals surface area contributed by atoms with Gasteiger partial charge in [0.2, 0.25) is 5.88 Å². The molecule has 1 heterocycles. The minimum Gasteiger partial charge on any atom is -0.407 e. The van der Waals surface area contributed by atoms with E-state index in [1.807, 2.05) is 0 Å². The Kier molecular flexibility index (Phi) is 6.19. The number of aromatic nitrogens is 1. The van der Waals surface area contributed by atoms with Gasteiger partial charge in [-0.25, -0.2) is 14.6 Å². The molecule has 0 radical (unpaired) electrons. The van der Waals surface area contributed by atoms with Gasteiger partial charge in [-0.05, 0) is 17.4 Å². The van der Waals surface area contributed by atoms with E-state index in [0.717, 1.165) is 11.4 Å². The second kappa shape index (κ2) is 7.02. The largest absolute Gasteiger partial charge is 0.416 e. The molecule has 0 fully saturated rings. The van der Waals surface area contributed by atoms with E-state index < -0.39 is 24.3 Å². The lowest BCUT2D eigenvalue weighted by Gasteiger charge is -2.18. The molecule has 1 aromatic heterocycles. The number of nitrogens with zero attached hydrogens (tertiary/aromatic N) is 1. The van der Waals surface area contributed by atoms with Crippen LogP contribution in [-0.2, 0) is 10.7 Å². The smallest absolute Gasteiger partial charge is 0.407 e. The molecular formula is C10H13ClF3N2O2PS. The van der Waals surface area contributed by atoms with Crippen molar-refractivity contribution >= 4 is 29.7 Å². The van der Waals surface area contributed by atoms with E-state index in [2.05, 4.69) is 10.1 Å². The SMILES string of the molecule is CCNP(=O)(Oc1cc(C(F)(F)F)cc(Cl)n1)SCC. The Hall–Kier alpha value is -0.430. The second-order valence-electron chi connectivity index (χ2n) is 3.53. The maximum atomic E-state index is 12.6. The fourth-order valence-electron chi connectivity index (χ4n) is 1.27. The number of halogens is 4. The summed E-state index contributed by atoms with van der Waals surface area (Å²) in [5.41, 5.74) is -1.00. The van der Waals surface area contributed by atoms with Gasteiger partial charge in [0.25, 0.3) is 0 Å². The third kappa shape index (κ3) is 5.16. The average Bonchev–Trinajstić information content (AvgIpc) is 2.26. The summed E-state index contributed by atoms with van der Waals surface area (Å²) in [7, 11) is 0. The lowest BCUT2D eigenvalue weighted by molar-refractivity contribution is -0.137. The maximum absolute atomic E-state index is 12.6. The molecule has 0 amide bonds. The third-order valence-electron chi connectivity index (χ3n) is 1.96. The van der Waals surface area contributed by atoms with Crippen molar-refractivity contribution < 1.29 is 22.3 Å². The Morgan fingerprint density at radius 1 is 1.45 bits per heavy atom. The maximum Gasteiger partial charge on any atom is 0.416 e. The zero-order valence-electron chi connectivity index (χ0n) is 10.7. The number of pyridine rings is 1. The topological polar surface area (TPSA) is 51.2 Å². The third-order valence-corrected chi connectivity index (χ3v) is 6.29. The summed E-state index contributed by atoms with van der Waals surface area (Å²) in [6.07, 6.45) is -4.58. The van der Waals surface area contributed by atoms with Crippen molar-refractivity contribution in [1.29, 1.82) is 0 Å². The second-order valence-corrected chi connectivity index (χ2v) is 8.47. The van der Waals surface area contributed by atoms with Gasteiger partial charge in [0.1, 0.15) is 5.15 Å². The minimum absolute atomic E-state index is 0.344. The van der Waals surface area contributed by atoms with Gasteiger partial charge in [-0.3, -0.25) is 0 Å². The lowest BCUT2D eigenvalue weighted by Crippen LogP contribution is -2.13. The highest BCUT2D eigenvalue weighted by Crippen LogP contribution is 2.55. The molecule has 0 saturated heterocycles. The van der Waals surface area contributed by atoms with Crippen molar-refractivity contribution in [3.63, 3.8) is 0 Å². The zero-order valence-corrected chi connectivity index (χ0v) is 13.2. The van der Waals surface area contributed by atoms with Gasteiger partial charge in [0, 0.05) is 18.4 Å². The van der Waals surface area contributed by atoms with Crippen LogP contribution in [0, 0.1) is 0 Å². The van der Waals surface area contributed by atoms with E-state index in [0.29, 0.717) is 24.4 Å². The summed E-state index contributed by atoms with van der Waals surface area (Å²) in [5, 5.41) is 2.24. The highest BCUT2D eigenvalue weighted by atomic mass is 35.5. The quantitative estimate of drug-likeness (QED) is 0.601. The first kappa shape index (κ1) is 17.6. The lowest BCUT2D eigenvalue weighted by atomic mass is 10.2. The van der Waals surface area contributed by atoms with Crippen LogP contribution in [0.25, 0.3) is 0 Å². The number of nitrogens with one attached hydrogen (secondary N) is 1. The average molecular weight is 349 g/mol. The summed E-state index contributed by atoms with van der Waals surface area (Å²) in [6, 6.07) is 1.35. The first-order valence-electron chi connectivity index (χ1n) is 5.64. The van der Waals surface area contributed by atoms with Crippen molar-refractivity contribution in [2.75, 3.05) is 12.3 Å². The van der Waals surface area contributed by atoms with Crippen molar-refractivity contribution in [1.82, 2.24) is 10.1 Å². The highest BCUT2D eigenvalue weighted by molar-refractivity contribution is 8.56. The summed E-state index contributed by atoms with van der Waals surface area (Å²) < 4.78 is 55.4. The van der Waals surface area contributed by atoms with Crippen molar-refractivity contribution in [2.24, 2.45) is 0 Å². The first-order valence-corrected chi connectivity index (χ1v) is 9.23. The molecule has 0 aliphatic heterocycles. The molecule has 0 spiro atoms. The van der Waals surface area contributed by atoms with Crippen molar-refractivity contribution in [3.8, 4) is 5.88 Å². The molecular weight excluding hydrogens is 336 g/mol. The van der Waals surface area contributed by atoms with E-state index in [9.17, 15) is 17.7 Å². The van der Waals surface area contributed by atoms with Gasteiger partial charge >= 0.3 is 12.9 Å². The number of alkyl halides is 3. The molecule has 1 N–H and O–H groups in total. The van der Waals surface area contributed by atoms with Crippen LogP contribution in [0.2, 0.25) is 5.15 Å². The zero-order chi connectivity index (χ0) is 15.4. The van der Waals surface area contributed by atoms with E-state index in [1.165, 1.54) is 0 Å². The normalized spacial score (nSPS) is 14.9. The molecule has 1 atom stereocenters. The fourth-order valence-corrected chi connectivity index (χ4v) is 4.82. The summed E-state index contributed by atoms with van der Waals surface area (Å²) in [6.45, 7) is 0.451. The molecule has 4 nitrogen and oxygen atoms in total. The van der Waals surface area contributed by atoms with Crippen LogP contribution in [0.1, 0.15) is 19.4 Å². The summed E-state index contributed by atoms with van der Waals surface area (Å²) in [5.74, 6) is 0.0480. The molecule has 1 unspecified atom stereocenters. The van der Waals surface area contributed by atoms with Crippen LogP contribution in [0.4, 0.5) is 13.2 Å². The molecule has 0 aromatic carbocycles. The minimum atomic E-state index is -4.58. The molecule has 114 valence electrons. The standard InChI is InChI=1S/C10H13ClF3N2O2PS/c1-3-15-19(17,20-4-2)18-9-6-7(10(12,13)14)5-8(11)16-9/h5-6H,3-4H2,1-2H3,(H,15,17). The van der Waals surface area contributed by atoms with Crippen LogP contribution in [-0.4, -0.2) is 17.3 Å². The Morgan fingerprint density at radius 2 is 2.10 bits per heavy atom. The van der Waals surface area contributed by atoms with Crippen molar-refractivity contribution in [2.45, 2.75) is 20.0 Å². The molecule has 0 saturated carbocycles. The van der Waals surface area contributed by atoms with Crippen LogP contribution in [0.5, 0.6) is 5.88 Å². The van der Waals surface area contributed by atoms with Gasteiger partial charge < -0.3 is 4.52 Å². The molecule has 1 rings (SSSR count). The van der Waals surface area contributed by atoms with E-state index in [-0.39, 0.29) is 5.15 Å². The van der Waals surface area contributed by atoms with Gasteiger partial charge in [-0.2, -0.15) is 13.2 Å². The van der Waals surface area contributed by atoms with Gasteiger partial charge in [0.15, 0.2) is 0 Å². The molecule has 0 bridgehead atoms. The van der Waals surface area contributed by atoms with Crippen LogP contribution in [0.3, 0.4) is 0 Å². The predicted octanol–water partition coefficient (Wildman–Crippen LogP) is 4.60. The molecule has 0 aliphatic rings. The number of rotatable bonds is 6. The summed E-state index contributed by atoms with van der Waals surface area (Å²) in [4.78, 5) is 3.61.